The number of thioether (sulfide) groups is 1. The van der Waals surface area contributed by atoms with Gasteiger partial charge in [0, 0.05) is 11.8 Å². The third-order valence-corrected chi connectivity index (χ3v) is 3.16. The van der Waals surface area contributed by atoms with Crippen LogP contribution in [0.15, 0.2) is 0 Å². The molecule has 2 heteroatoms. The lowest BCUT2D eigenvalue weighted by molar-refractivity contribution is 0.269. The highest BCUT2D eigenvalue weighted by Gasteiger charge is 2.21. The molecule has 1 aliphatic rings. The van der Waals surface area contributed by atoms with Crippen molar-refractivity contribution in [3.8, 4) is 24.7 Å². The fraction of sp³-hybridized carbons (Fsp3) is 0.600. The summed E-state index contributed by atoms with van der Waals surface area (Å²) in [5.41, 5.74) is 0. The summed E-state index contributed by atoms with van der Waals surface area (Å²) in [4.78, 5) is 2.21. The van der Waals surface area contributed by atoms with Crippen molar-refractivity contribution in [1.29, 1.82) is 0 Å². The second-order valence-electron chi connectivity index (χ2n) is 2.83. The molecular formula is C10H13NS. The lowest BCUT2D eigenvalue weighted by atomic mass is 10.2. The van der Waals surface area contributed by atoms with Gasteiger partial charge in [-0.15, -0.1) is 12.8 Å². The fourth-order valence-corrected chi connectivity index (χ4v) is 2.61. The van der Waals surface area contributed by atoms with Crippen molar-refractivity contribution >= 4 is 11.8 Å². The van der Waals surface area contributed by atoms with Crippen molar-refractivity contribution in [1.82, 2.24) is 4.90 Å². The highest BCUT2D eigenvalue weighted by Crippen LogP contribution is 2.21. The molecule has 0 N–H and O–H groups in total. The molecule has 1 saturated heterocycles. The third-order valence-electron chi connectivity index (χ3n) is 2.01. The zero-order valence-electron chi connectivity index (χ0n) is 7.12. The van der Waals surface area contributed by atoms with Crippen LogP contribution in [-0.4, -0.2) is 35.5 Å². The molecule has 1 atom stereocenters. The van der Waals surface area contributed by atoms with Crippen molar-refractivity contribution in [2.24, 2.45) is 0 Å². The van der Waals surface area contributed by atoms with E-state index in [4.69, 9.17) is 12.8 Å². The van der Waals surface area contributed by atoms with Crippen LogP contribution in [0.3, 0.4) is 0 Å². The van der Waals surface area contributed by atoms with Gasteiger partial charge in [0.1, 0.15) is 0 Å². The number of hydrogen-bond donors (Lipinski definition) is 0. The average molecular weight is 179 g/mol. The normalized spacial score (nSPS) is 22.1. The largest absolute Gasteiger partial charge is 0.277 e. The first-order chi connectivity index (χ1) is 5.88. The van der Waals surface area contributed by atoms with Gasteiger partial charge in [-0.25, -0.2) is 0 Å². The van der Waals surface area contributed by atoms with E-state index in [-0.39, 0.29) is 0 Å². The molecule has 0 aromatic carbocycles. The van der Waals surface area contributed by atoms with Crippen molar-refractivity contribution in [2.45, 2.75) is 12.5 Å². The molecule has 1 rings (SSSR count). The molecule has 0 radical (unpaired) electrons. The van der Waals surface area contributed by atoms with E-state index in [0.29, 0.717) is 19.1 Å². The fourth-order valence-electron chi connectivity index (χ4n) is 1.36. The van der Waals surface area contributed by atoms with Gasteiger partial charge in [-0.05, 0) is 12.2 Å². The van der Waals surface area contributed by atoms with E-state index < -0.39 is 0 Å². The Labute approximate surface area is 78.9 Å². The van der Waals surface area contributed by atoms with Gasteiger partial charge in [-0.3, -0.25) is 4.90 Å². The minimum absolute atomic E-state index is 0.613. The third kappa shape index (κ3) is 2.48. The lowest BCUT2D eigenvalue weighted by Crippen LogP contribution is -2.35. The maximum absolute atomic E-state index is 5.26. The SMILES string of the molecule is C#CCN(CC#C)C1CCSC1. The molecule has 1 nitrogen and oxygen atoms in total. The average Bonchev–Trinajstić information content (AvgIpc) is 2.56. The van der Waals surface area contributed by atoms with Gasteiger partial charge < -0.3 is 0 Å². The smallest absolute Gasteiger partial charge is 0.0610 e. The van der Waals surface area contributed by atoms with Crippen LogP contribution in [0.2, 0.25) is 0 Å². The van der Waals surface area contributed by atoms with Gasteiger partial charge >= 0.3 is 0 Å². The van der Waals surface area contributed by atoms with Gasteiger partial charge in [-0.1, -0.05) is 11.8 Å². The molecule has 1 unspecified atom stereocenters. The number of nitrogens with zero attached hydrogens (tertiary/aromatic N) is 1. The zero-order valence-corrected chi connectivity index (χ0v) is 7.94. The van der Waals surface area contributed by atoms with Gasteiger partial charge in [-0.2, -0.15) is 11.8 Å². The summed E-state index contributed by atoms with van der Waals surface area (Å²) >= 11 is 1.98. The Balaban J connectivity index is 2.42. The van der Waals surface area contributed by atoms with Crippen molar-refractivity contribution in [2.75, 3.05) is 24.6 Å². The van der Waals surface area contributed by atoms with Crippen LogP contribution < -0.4 is 0 Å². The van der Waals surface area contributed by atoms with E-state index in [9.17, 15) is 0 Å². The summed E-state index contributed by atoms with van der Waals surface area (Å²) in [5, 5.41) is 0. The topological polar surface area (TPSA) is 3.24 Å². The minimum atomic E-state index is 0.613. The first kappa shape index (κ1) is 9.52. The van der Waals surface area contributed by atoms with Gasteiger partial charge in [0.2, 0.25) is 0 Å². The predicted molar refractivity (Wildman–Crippen MR) is 55.0 cm³/mol. The van der Waals surface area contributed by atoms with Crippen LogP contribution in [0.4, 0.5) is 0 Å². The Morgan fingerprint density at radius 2 is 2.00 bits per heavy atom. The van der Waals surface area contributed by atoms with E-state index in [0.717, 1.165) is 0 Å². The highest BCUT2D eigenvalue weighted by molar-refractivity contribution is 7.99. The Bertz CT molecular complexity index is 189. The Morgan fingerprint density at radius 3 is 2.42 bits per heavy atom. The standard InChI is InChI=1S/C10H13NS/c1-3-6-11(7-4-2)10-5-8-12-9-10/h1-2,10H,5-9H2. The van der Waals surface area contributed by atoms with Crippen molar-refractivity contribution in [3.63, 3.8) is 0 Å². The minimum Gasteiger partial charge on any atom is -0.277 e. The summed E-state index contributed by atoms with van der Waals surface area (Å²) < 4.78 is 0. The first-order valence-corrected chi connectivity index (χ1v) is 5.22. The Morgan fingerprint density at radius 1 is 1.33 bits per heavy atom. The molecular weight excluding hydrogens is 166 g/mol. The van der Waals surface area contributed by atoms with Crippen LogP contribution in [0.5, 0.6) is 0 Å². The van der Waals surface area contributed by atoms with Crippen LogP contribution in [0.1, 0.15) is 6.42 Å². The summed E-state index contributed by atoms with van der Waals surface area (Å²) in [7, 11) is 0. The maximum atomic E-state index is 5.26. The molecule has 0 aliphatic carbocycles. The zero-order chi connectivity index (χ0) is 8.81. The van der Waals surface area contributed by atoms with Gasteiger partial charge in [0.05, 0.1) is 13.1 Å². The van der Waals surface area contributed by atoms with E-state index >= 15 is 0 Å². The van der Waals surface area contributed by atoms with E-state index in [1.807, 2.05) is 11.8 Å². The summed E-state index contributed by atoms with van der Waals surface area (Å²) in [6.07, 6.45) is 11.8. The second-order valence-corrected chi connectivity index (χ2v) is 3.98. The molecule has 0 aromatic heterocycles. The number of hydrogen-bond acceptors (Lipinski definition) is 2. The second kappa shape index (κ2) is 5.14. The lowest BCUT2D eigenvalue weighted by Gasteiger charge is -2.23. The van der Waals surface area contributed by atoms with E-state index in [1.54, 1.807) is 0 Å². The molecule has 12 heavy (non-hydrogen) atoms. The first-order valence-electron chi connectivity index (χ1n) is 4.07. The maximum Gasteiger partial charge on any atom is 0.0610 e. The van der Waals surface area contributed by atoms with Crippen LogP contribution in [0.25, 0.3) is 0 Å². The highest BCUT2D eigenvalue weighted by atomic mass is 32.2. The Hall–Kier alpha value is -0.570. The number of rotatable bonds is 3. The Kier molecular flexibility index (Phi) is 4.08. The molecule has 0 amide bonds. The van der Waals surface area contributed by atoms with Gasteiger partial charge in [0.25, 0.3) is 0 Å². The number of terminal acetylenes is 2. The predicted octanol–water partition coefficient (Wildman–Crippen LogP) is 1.06. The summed E-state index contributed by atoms with van der Waals surface area (Å²) in [6.45, 7) is 1.38. The van der Waals surface area contributed by atoms with Crippen LogP contribution >= 0.6 is 11.8 Å². The molecule has 0 bridgehead atoms. The molecule has 0 aromatic rings. The van der Waals surface area contributed by atoms with Crippen molar-refractivity contribution < 1.29 is 0 Å². The van der Waals surface area contributed by atoms with Gasteiger partial charge in [0.15, 0.2) is 0 Å². The molecule has 1 aliphatic heterocycles. The molecule has 1 heterocycles. The summed E-state index contributed by atoms with van der Waals surface area (Å²) in [6, 6.07) is 0.613. The van der Waals surface area contributed by atoms with Crippen LogP contribution in [0, 0.1) is 24.7 Å². The van der Waals surface area contributed by atoms with Crippen molar-refractivity contribution in [3.05, 3.63) is 0 Å². The monoisotopic (exact) mass is 179 g/mol. The molecule has 0 spiro atoms. The molecule has 64 valence electrons. The summed E-state index contributed by atoms with van der Waals surface area (Å²) in [5.74, 6) is 7.73. The van der Waals surface area contributed by atoms with E-state index in [1.165, 1.54) is 17.9 Å². The quantitative estimate of drug-likeness (QED) is 0.596. The van der Waals surface area contributed by atoms with E-state index in [2.05, 4.69) is 16.7 Å². The molecule has 1 fully saturated rings. The molecule has 0 saturated carbocycles. The van der Waals surface area contributed by atoms with Crippen LogP contribution in [-0.2, 0) is 0 Å².